The number of rotatable bonds is 12. The first kappa shape index (κ1) is 37.8. The molecule has 15 nitrogen and oxygen atoms in total. The van der Waals surface area contributed by atoms with Crippen molar-refractivity contribution in [2.75, 3.05) is 68.5 Å². The van der Waals surface area contributed by atoms with Gasteiger partial charge in [0.2, 0.25) is 18.3 Å². The Morgan fingerprint density at radius 1 is 0.768 bits per heavy atom. The fourth-order valence-corrected chi connectivity index (χ4v) is 7.72. The summed E-state index contributed by atoms with van der Waals surface area (Å²) < 4.78 is 56.6. The first-order valence-electron chi connectivity index (χ1n) is 17.4. The summed E-state index contributed by atoms with van der Waals surface area (Å²) in [5, 5.41) is 25.3. The molecule has 0 spiro atoms. The molecule has 7 rings (SSSR count). The number of aromatic hydroxyl groups is 1. The molecule has 0 unspecified atom stereocenters. The second kappa shape index (κ2) is 15.3. The monoisotopic (exact) mass is 771 g/mol. The van der Waals surface area contributed by atoms with Crippen LogP contribution in [0.2, 0.25) is 0 Å². The van der Waals surface area contributed by atoms with Gasteiger partial charge in [-0.05, 0) is 76.4 Å². The number of nitrogens with one attached hydrogen (secondary N) is 1. The molecule has 0 radical (unpaired) electrons. The maximum Gasteiger partial charge on any atom is 0.310 e. The maximum absolute atomic E-state index is 15.0. The van der Waals surface area contributed by atoms with Crippen LogP contribution < -0.4 is 47.9 Å². The van der Waals surface area contributed by atoms with Crippen molar-refractivity contribution in [3.63, 3.8) is 0 Å². The van der Waals surface area contributed by atoms with Gasteiger partial charge in [-0.2, -0.15) is 0 Å². The zero-order valence-electron chi connectivity index (χ0n) is 31.7. The second-order valence-electron chi connectivity index (χ2n) is 13.0. The number of amides is 1. The van der Waals surface area contributed by atoms with Crippen LogP contribution in [0.1, 0.15) is 39.8 Å². The van der Waals surface area contributed by atoms with E-state index < -0.39 is 35.7 Å². The van der Waals surface area contributed by atoms with E-state index >= 15 is 0 Å². The van der Waals surface area contributed by atoms with Gasteiger partial charge in [-0.25, -0.2) is 0 Å². The highest BCUT2D eigenvalue weighted by Crippen LogP contribution is 2.59. The fraction of sp³-hybridized carbons (Fsp3) is 0.317. The lowest BCUT2D eigenvalue weighted by Crippen LogP contribution is -2.35. The molecule has 2 aliphatic heterocycles. The summed E-state index contributed by atoms with van der Waals surface area (Å²) in [5.41, 5.74) is 2.51. The minimum atomic E-state index is -1.18. The van der Waals surface area contributed by atoms with Crippen molar-refractivity contribution in [2.45, 2.75) is 12.0 Å². The molecular formula is C41H41NO14. The summed E-state index contributed by atoms with van der Waals surface area (Å²) in [6, 6.07) is 13.0. The number of aliphatic hydroxyl groups is 1. The molecule has 3 N–H and O–H groups in total. The molecule has 4 atom stereocenters. The Balaban J connectivity index is 1.46. The largest absolute Gasteiger partial charge is 0.504 e. The van der Waals surface area contributed by atoms with E-state index in [0.717, 1.165) is 0 Å². The highest BCUT2D eigenvalue weighted by Gasteiger charge is 2.53. The standard InChI is InChI=1S/C41H41NO14/c1-47-26-11-19(8-9-25(26)43)10-22(20-12-27(48-2)37(52-6)28(13-20)49-3)40(45)42-35-33-23(16-31-39(35)56-18-55-31)36(44)24-17-54-41(46)34(24)32(33)21-14-29(50-4)38(53-7)30(15-21)51-5/h8-16,24,32,34,36,43-44H,17-18H2,1-7H3,(H,42,45)/b22-10+/t24-,32+,34-,36-/m0/s1. The molecule has 0 saturated carbocycles. The number of phenolic OH excluding ortho intramolecular Hbond substituents is 1. The number of benzene rings is 4. The van der Waals surface area contributed by atoms with E-state index in [2.05, 4.69) is 5.32 Å². The summed E-state index contributed by atoms with van der Waals surface area (Å²) in [7, 11) is 10.3. The number of cyclic esters (lactones) is 1. The minimum absolute atomic E-state index is 0.0225. The Morgan fingerprint density at radius 2 is 1.38 bits per heavy atom. The van der Waals surface area contributed by atoms with Crippen molar-refractivity contribution in [3.05, 3.63) is 76.3 Å². The third kappa shape index (κ3) is 6.32. The molecular weight excluding hydrogens is 730 g/mol. The fourth-order valence-electron chi connectivity index (χ4n) is 7.72. The highest BCUT2D eigenvalue weighted by molar-refractivity contribution is 6.30. The van der Waals surface area contributed by atoms with Gasteiger partial charge in [0, 0.05) is 17.4 Å². The Bertz CT molecular complexity index is 2180. The van der Waals surface area contributed by atoms with Gasteiger partial charge >= 0.3 is 5.97 Å². The van der Waals surface area contributed by atoms with Crippen LogP contribution in [0.15, 0.2) is 48.5 Å². The lowest BCUT2D eigenvalue weighted by Gasteiger charge is -2.38. The number of phenols is 1. The van der Waals surface area contributed by atoms with Gasteiger partial charge in [0.1, 0.15) is 0 Å². The molecule has 4 aromatic rings. The molecule has 1 aliphatic carbocycles. The molecule has 56 heavy (non-hydrogen) atoms. The van der Waals surface area contributed by atoms with E-state index in [9.17, 15) is 19.8 Å². The molecule has 3 aliphatic rings. The molecule has 4 aromatic carbocycles. The van der Waals surface area contributed by atoms with Crippen LogP contribution in [0.4, 0.5) is 5.69 Å². The number of hydrogen-bond acceptors (Lipinski definition) is 14. The minimum Gasteiger partial charge on any atom is -0.504 e. The van der Waals surface area contributed by atoms with Crippen LogP contribution in [-0.2, 0) is 14.3 Å². The summed E-state index contributed by atoms with van der Waals surface area (Å²) in [6.07, 6.45) is 0.417. The number of anilines is 1. The third-order valence-electron chi connectivity index (χ3n) is 10.3. The number of fused-ring (bicyclic) bond motifs is 3. The van der Waals surface area contributed by atoms with Crippen molar-refractivity contribution in [3.8, 4) is 57.5 Å². The number of ether oxygens (including phenoxy) is 10. The van der Waals surface area contributed by atoms with Gasteiger partial charge in [-0.1, -0.05) is 6.07 Å². The van der Waals surface area contributed by atoms with Crippen molar-refractivity contribution >= 4 is 29.2 Å². The van der Waals surface area contributed by atoms with E-state index in [0.29, 0.717) is 50.8 Å². The van der Waals surface area contributed by atoms with Crippen LogP contribution in [0.5, 0.6) is 57.5 Å². The predicted octanol–water partition coefficient (Wildman–Crippen LogP) is 5.33. The maximum atomic E-state index is 15.0. The van der Waals surface area contributed by atoms with Crippen molar-refractivity contribution in [1.82, 2.24) is 0 Å². The van der Waals surface area contributed by atoms with Crippen LogP contribution in [0.3, 0.4) is 0 Å². The molecule has 294 valence electrons. The van der Waals surface area contributed by atoms with Crippen LogP contribution in [-0.4, -0.2) is 85.3 Å². The number of aliphatic hydroxyl groups excluding tert-OH is 1. The number of hydrogen-bond donors (Lipinski definition) is 3. The first-order valence-corrected chi connectivity index (χ1v) is 17.4. The van der Waals surface area contributed by atoms with Gasteiger partial charge < -0.3 is 62.9 Å². The molecule has 0 aromatic heterocycles. The Morgan fingerprint density at radius 3 is 1.96 bits per heavy atom. The van der Waals surface area contributed by atoms with Gasteiger partial charge in [0.05, 0.1) is 74.1 Å². The van der Waals surface area contributed by atoms with Crippen molar-refractivity contribution in [2.24, 2.45) is 11.8 Å². The zero-order valence-corrected chi connectivity index (χ0v) is 31.7. The van der Waals surface area contributed by atoms with Gasteiger partial charge in [0.15, 0.2) is 46.0 Å². The molecule has 1 amide bonds. The Labute approximate surface area is 322 Å². The van der Waals surface area contributed by atoms with E-state index in [1.54, 1.807) is 48.5 Å². The SMILES string of the molecule is COc1cc(/C=C(/C(=O)Nc2c3c(cc4c2[C@@H](c2cc(OC)c(OC)c(OC)c2)[C@H]2C(=O)OC[C@@H]2[C@H]4O)OCO3)c2cc(OC)c(OC)c(OC)c2)ccc1O. The molecule has 2 heterocycles. The number of carbonyl (C=O) groups excluding carboxylic acids is 2. The quantitative estimate of drug-likeness (QED) is 0.0956. The average Bonchev–Trinajstić information content (AvgIpc) is 3.86. The third-order valence-corrected chi connectivity index (χ3v) is 10.3. The smallest absolute Gasteiger partial charge is 0.310 e. The average molecular weight is 772 g/mol. The lowest BCUT2D eigenvalue weighted by atomic mass is 9.65. The van der Waals surface area contributed by atoms with E-state index in [4.69, 9.17) is 47.4 Å². The van der Waals surface area contributed by atoms with Crippen molar-refractivity contribution in [1.29, 1.82) is 0 Å². The summed E-state index contributed by atoms with van der Waals surface area (Å²) >= 11 is 0. The zero-order chi connectivity index (χ0) is 39.8. The predicted molar refractivity (Wildman–Crippen MR) is 201 cm³/mol. The number of carbonyl (C=O) groups is 2. The highest BCUT2D eigenvalue weighted by atomic mass is 16.7. The van der Waals surface area contributed by atoms with Gasteiger partial charge in [-0.15, -0.1) is 0 Å². The van der Waals surface area contributed by atoms with Gasteiger partial charge in [-0.3, -0.25) is 9.59 Å². The molecule has 0 bridgehead atoms. The van der Waals surface area contributed by atoms with Crippen LogP contribution >= 0.6 is 0 Å². The van der Waals surface area contributed by atoms with Crippen LogP contribution in [0, 0.1) is 11.8 Å². The topological polar surface area (TPSA) is 179 Å². The molecule has 1 fully saturated rings. The molecule has 1 saturated heterocycles. The Hall–Kier alpha value is -6.48. The van der Waals surface area contributed by atoms with Crippen molar-refractivity contribution < 1.29 is 67.2 Å². The first-order chi connectivity index (χ1) is 27.1. The van der Waals surface area contributed by atoms with E-state index in [-0.39, 0.29) is 59.2 Å². The second-order valence-corrected chi connectivity index (χ2v) is 13.0. The lowest BCUT2D eigenvalue weighted by molar-refractivity contribution is -0.141. The summed E-state index contributed by atoms with van der Waals surface area (Å²) in [4.78, 5) is 28.7. The molecule has 15 heteroatoms. The van der Waals surface area contributed by atoms with Gasteiger partial charge in [0.25, 0.3) is 5.91 Å². The van der Waals surface area contributed by atoms with E-state index in [1.165, 1.54) is 55.8 Å². The normalized spacial score (nSPS) is 19.3. The van der Waals surface area contributed by atoms with E-state index in [1.807, 2.05) is 0 Å². The van der Waals surface area contributed by atoms with Crippen LogP contribution in [0.25, 0.3) is 11.6 Å². The summed E-state index contributed by atoms with van der Waals surface area (Å²) in [5.74, 6) is -1.03. The Kier molecular flexibility index (Phi) is 10.4. The number of methoxy groups -OCH3 is 7. The summed E-state index contributed by atoms with van der Waals surface area (Å²) in [6.45, 7) is -0.185. The number of esters is 1.